The van der Waals surface area contributed by atoms with Gasteiger partial charge in [0.15, 0.2) is 0 Å². The van der Waals surface area contributed by atoms with Crippen LogP contribution in [0.15, 0.2) is 59.1 Å². The van der Waals surface area contributed by atoms with Crippen molar-refractivity contribution in [2.45, 2.75) is 56.7 Å². The van der Waals surface area contributed by atoms with Crippen molar-refractivity contribution in [1.29, 1.82) is 0 Å². The molecule has 3 heterocycles. The Morgan fingerprint density at radius 3 is 2.64 bits per heavy atom. The summed E-state index contributed by atoms with van der Waals surface area (Å²) in [6.45, 7) is 3.12. The van der Waals surface area contributed by atoms with Crippen LogP contribution in [0.5, 0.6) is 11.6 Å². The van der Waals surface area contributed by atoms with Gasteiger partial charge in [-0.05, 0) is 85.4 Å². The SMILES string of the molecule is COc1nn(C)cc1C(=O)NS1(=O)=NC(=O)c2ccc3c(c2)N(C[C@@H]2CC[C@H]2[C@@H](OC)/C=C/[C@H](OCCOS(C)(=O)=O)[C@H](C)C1)C[C@@]1(CCCc2cc(Cl)ccc21)CO3. The molecule has 320 valence electrons. The molecule has 2 aliphatic carbocycles. The number of carbonyl (C=O) groups excluding carboxylic acids is 2. The number of hydrogen-bond donors (Lipinski definition) is 1. The first kappa shape index (κ1) is 43.1. The number of methoxy groups -OCH3 is 2. The monoisotopic (exact) mass is 873 g/mol. The van der Waals surface area contributed by atoms with E-state index in [2.05, 4.69) is 31.2 Å². The van der Waals surface area contributed by atoms with Gasteiger partial charge >= 0.3 is 0 Å². The van der Waals surface area contributed by atoms with Gasteiger partial charge in [-0.2, -0.15) is 8.42 Å². The molecular formula is C41H52ClN5O10S2. The van der Waals surface area contributed by atoms with Crippen molar-refractivity contribution < 1.29 is 45.3 Å². The van der Waals surface area contributed by atoms with Gasteiger partial charge in [-0.25, -0.2) is 4.21 Å². The molecule has 7 atom stereocenters. The van der Waals surface area contributed by atoms with Crippen molar-refractivity contribution in [2.75, 3.05) is 64.0 Å². The Kier molecular flexibility index (Phi) is 12.8. The highest BCUT2D eigenvalue weighted by Gasteiger charge is 2.44. The summed E-state index contributed by atoms with van der Waals surface area (Å²) >= 11 is 6.48. The molecule has 1 N–H and O–H groups in total. The Labute approximate surface area is 351 Å². The van der Waals surface area contributed by atoms with E-state index in [1.165, 1.54) is 29.1 Å². The molecule has 3 aromatic rings. The van der Waals surface area contributed by atoms with Crippen LogP contribution in [0.25, 0.3) is 0 Å². The van der Waals surface area contributed by atoms with Gasteiger partial charge in [0.1, 0.15) is 21.2 Å². The largest absolute Gasteiger partial charge is 0.490 e. The molecule has 1 fully saturated rings. The second kappa shape index (κ2) is 17.5. The van der Waals surface area contributed by atoms with Crippen molar-refractivity contribution in [3.63, 3.8) is 0 Å². The lowest BCUT2D eigenvalue weighted by Crippen LogP contribution is -2.49. The zero-order valence-corrected chi connectivity index (χ0v) is 36.3. The lowest BCUT2D eigenvalue weighted by molar-refractivity contribution is 0.00981. The number of aromatic nitrogens is 2. The van der Waals surface area contributed by atoms with Gasteiger partial charge in [0.25, 0.3) is 21.9 Å². The molecule has 2 aliphatic heterocycles. The van der Waals surface area contributed by atoms with Crippen molar-refractivity contribution >= 4 is 49.1 Å². The average Bonchev–Trinajstić information content (AvgIpc) is 3.49. The van der Waals surface area contributed by atoms with Gasteiger partial charge < -0.3 is 23.8 Å². The minimum Gasteiger partial charge on any atom is -0.490 e. The molecule has 4 aliphatic rings. The van der Waals surface area contributed by atoms with Gasteiger partial charge in [0, 0.05) is 55.4 Å². The summed E-state index contributed by atoms with van der Waals surface area (Å²) in [5, 5.41) is 4.84. The third-order valence-electron chi connectivity index (χ3n) is 11.9. The summed E-state index contributed by atoms with van der Waals surface area (Å²) in [6.07, 6.45) is 9.74. The highest BCUT2D eigenvalue weighted by Crippen LogP contribution is 2.47. The van der Waals surface area contributed by atoms with E-state index in [1.807, 2.05) is 18.2 Å². The number of rotatable bonds is 9. The number of fused-ring (bicyclic) bond motifs is 4. The van der Waals surface area contributed by atoms with Gasteiger partial charge in [0.2, 0.25) is 5.88 Å². The molecule has 2 bridgehead atoms. The summed E-state index contributed by atoms with van der Waals surface area (Å²) in [4.78, 5) is 30.4. The van der Waals surface area contributed by atoms with Gasteiger partial charge in [-0.15, -0.1) is 9.46 Å². The lowest BCUT2D eigenvalue weighted by Gasteiger charge is -2.46. The number of aryl methyl sites for hydroxylation is 2. The van der Waals surface area contributed by atoms with Crippen LogP contribution in [-0.2, 0) is 52.6 Å². The minimum absolute atomic E-state index is 0.00193. The van der Waals surface area contributed by atoms with Crippen LogP contribution in [0.2, 0.25) is 5.02 Å². The van der Waals surface area contributed by atoms with E-state index in [0.29, 0.717) is 30.5 Å². The molecule has 0 radical (unpaired) electrons. The van der Waals surface area contributed by atoms with Crippen molar-refractivity contribution in [3.8, 4) is 11.6 Å². The predicted molar refractivity (Wildman–Crippen MR) is 223 cm³/mol. The highest BCUT2D eigenvalue weighted by molar-refractivity contribution is 7.92. The maximum absolute atomic E-state index is 15.0. The minimum atomic E-state index is -3.89. The standard InChI is InChI=1S/C41H52ClN5O10S2/c1-26-23-59(52,45-39(49)32-22-46(2)43-40(32)54-4)44-38(48)28-9-13-37-34(20-28)47(24-41(25-56-37)16-6-7-27-19-30(42)10-12-33(27)41)21-29-8-11-31(29)36(53-3)15-14-35(26)55-17-18-57-58(5,50)51/h9-10,12-15,19-20,22,26,29,31,35-36H,6-8,11,16-18,21,23-25H2,1-5H3,(H,44,45,48,49,52)/b15-14+/t26-,29+,31-,35+,36+,41+,59?/m1/s1. The predicted octanol–water partition coefficient (Wildman–Crippen LogP) is 5.12. The maximum atomic E-state index is 15.0. The third-order valence-corrected chi connectivity index (χ3v) is 14.6. The van der Waals surface area contributed by atoms with E-state index in [4.69, 9.17) is 34.7 Å². The molecule has 1 spiro atoms. The van der Waals surface area contributed by atoms with E-state index in [0.717, 1.165) is 44.0 Å². The molecule has 2 aromatic carbocycles. The molecule has 59 heavy (non-hydrogen) atoms. The average molecular weight is 874 g/mol. The van der Waals surface area contributed by atoms with Crippen LogP contribution in [0.3, 0.4) is 0 Å². The summed E-state index contributed by atoms with van der Waals surface area (Å²) in [6, 6.07) is 11.2. The van der Waals surface area contributed by atoms with Crippen LogP contribution >= 0.6 is 11.6 Å². The number of hydrogen-bond acceptors (Lipinski definition) is 12. The first-order valence-electron chi connectivity index (χ1n) is 19.8. The van der Waals surface area contributed by atoms with Gasteiger partial charge in [-0.3, -0.25) is 23.2 Å². The van der Waals surface area contributed by atoms with E-state index in [9.17, 15) is 18.0 Å². The van der Waals surface area contributed by atoms with Crippen molar-refractivity contribution in [1.82, 2.24) is 14.5 Å². The Morgan fingerprint density at radius 2 is 1.92 bits per heavy atom. The number of amides is 2. The normalized spacial score (nSPS) is 28.9. The number of carbonyl (C=O) groups is 2. The Hall–Kier alpha value is -4.00. The van der Waals surface area contributed by atoms with Crippen LogP contribution < -0.4 is 19.1 Å². The molecule has 7 rings (SSSR count). The molecule has 0 saturated heterocycles. The van der Waals surface area contributed by atoms with Crippen LogP contribution in [0, 0.1) is 17.8 Å². The van der Waals surface area contributed by atoms with Crippen molar-refractivity contribution in [2.24, 2.45) is 29.2 Å². The molecule has 1 unspecified atom stereocenters. The summed E-state index contributed by atoms with van der Waals surface area (Å²) in [5.41, 5.74) is 2.99. The van der Waals surface area contributed by atoms with Crippen LogP contribution in [0.4, 0.5) is 5.69 Å². The van der Waals surface area contributed by atoms with Crippen LogP contribution in [0.1, 0.15) is 64.4 Å². The van der Waals surface area contributed by atoms with E-state index in [1.54, 1.807) is 39.3 Å². The molecule has 1 aromatic heterocycles. The maximum Gasteiger partial charge on any atom is 0.286 e. The number of nitrogens with zero attached hydrogens (tertiary/aromatic N) is 4. The fourth-order valence-electron chi connectivity index (χ4n) is 8.89. The van der Waals surface area contributed by atoms with Crippen LogP contribution in [-0.4, -0.2) is 106 Å². The smallest absolute Gasteiger partial charge is 0.286 e. The molecule has 1 saturated carbocycles. The Morgan fingerprint density at radius 1 is 1.12 bits per heavy atom. The molecular weight excluding hydrogens is 822 g/mol. The zero-order valence-electron chi connectivity index (χ0n) is 33.9. The number of benzene rings is 2. The molecule has 2 amide bonds. The molecule has 18 heteroatoms. The molecule has 15 nitrogen and oxygen atoms in total. The lowest BCUT2D eigenvalue weighted by atomic mass is 9.68. The Bertz CT molecular complexity index is 2340. The summed E-state index contributed by atoms with van der Waals surface area (Å²) < 4.78 is 75.7. The zero-order chi connectivity index (χ0) is 42.1. The van der Waals surface area contributed by atoms with Gasteiger partial charge in [0.05, 0.1) is 56.8 Å². The van der Waals surface area contributed by atoms with E-state index >= 15 is 4.21 Å². The van der Waals surface area contributed by atoms with E-state index < -0.39 is 43.9 Å². The fourth-order valence-corrected chi connectivity index (χ4v) is 11.3. The van der Waals surface area contributed by atoms with E-state index in [-0.39, 0.29) is 59.3 Å². The second-order valence-corrected chi connectivity index (χ2v) is 20.2. The summed E-state index contributed by atoms with van der Waals surface area (Å²) in [5.74, 6) is -1.53. The number of ether oxygens (including phenoxy) is 4. The van der Waals surface area contributed by atoms with Gasteiger partial charge in [-0.1, -0.05) is 36.7 Å². The topological polar surface area (TPSA) is 177 Å². The number of anilines is 1. The quantitative estimate of drug-likeness (QED) is 0.171. The number of nitrogens with one attached hydrogen (secondary N) is 1. The second-order valence-electron chi connectivity index (χ2n) is 16.1. The summed E-state index contributed by atoms with van der Waals surface area (Å²) in [7, 11) is -2.98. The Balaban J connectivity index is 1.31. The third kappa shape index (κ3) is 9.65. The highest BCUT2D eigenvalue weighted by atomic mass is 35.5. The fraction of sp³-hybridized carbons (Fsp3) is 0.537. The first-order chi connectivity index (χ1) is 28.1. The van der Waals surface area contributed by atoms with Crippen molar-refractivity contribution in [3.05, 3.63) is 82.0 Å². The first-order valence-corrected chi connectivity index (χ1v) is 23.6. The number of halogens is 1.